The summed E-state index contributed by atoms with van der Waals surface area (Å²) in [6.45, 7) is 0. The number of hydrogen-bond acceptors (Lipinski definition) is 3. The molecule has 2 heterocycles. The number of carbonyl (C=O) groups is 1. The molecule has 29 heavy (non-hydrogen) atoms. The molecule has 0 bridgehead atoms. The van der Waals surface area contributed by atoms with Gasteiger partial charge in [-0.2, -0.15) is 31.4 Å². The van der Waals surface area contributed by atoms with E-state index in [1.54, 1.807) is 0 Å². The number of H-pyrrole nitrogens is 1. The average Bonchev–Trinajstić information content (AvgIpc) is 3.09. The van der Waals surface area contributed by atoms with Crippen LogP contribution >= 0.6 is 0 Å². The van der Waals surface area contributed by atoms with Crippen molar-refractivity contribution in [1.29, 1.82) is 0 Å². The first-order chi connectivity index (χ1) is 13.5. The molecule has 0 spiro atoms. The molecule has 0 aliphatic rings. The van der Waals surface area contributed by atoms with Gasteiger partial charge in [0, 0.05) is 30.2 Å². The number of nitrogens with zero attached hydrogens (tertiary/aromatic N) is 2. The SMILES string of the molecule is O=C(Nc1ccc(-n2nc(C(F)(F)F)cc2C(F)(F)F)cc1)c1c[nH]ccc1=O. The van der Waals surface area contributed by atoms with Crippen LogP contribution in [0, 0.1) is 0 Å². The number of amides is 1. The Morgan fingerprint density at radius 2 is 1.66 bits per heavy atom. The van der Waals surface area contributed by atoms with Crippen molar-refractivity contribution >= 4 is 11.6 Å². The van der Waals surface area contributed by atoms with Crippen molar-refractivity contribution in [3.05, 3.63) is 76.0 Å². The highest BCUT2D eigenvalue weighted by Crippen LogP contribution is 2.36. The molecule has 12 heteroatoms. The zero-order valence-corrected chi connectivity index (χ0v) is 14.1. The fourth-order valence-electron chi connectivity index (χ4n) is 2.40. The maximum atomic E-state index is 13.1. The van der Waals surface area contributed by atoms with Crippen molar-refractivity contribution in [2.45, 2.75) is 12.4 Å². The van der Waals surface area contributed by atoms with E-state index in [-0.39, 0.29) is 27.7 Å². The minimum atomic E-state index is -5.07. The van der Waals surface area contributed by atoms with E-state index in [4.69, 9.17) is 0 Å². The number of alkyl halides is 6. The van der Waals surface area contributed by atoms with Gasteiger partial charge in [0.2, 0.25) is 0 Å². The third-order valence-corrected chi connectivity index (χ3v) is 3.73. The Morgan fingerprint density at radius 3 is 2.21 bits per heavy atom. The molecule has 0 fully saturated rings. The monoisotopic (exact) mass is 416 g/mol. The number of benzene rings is 1. The lowest BCUT2D eigenvalue weighted by Gasteiger charge is -2.11. The Balaban J connectivity index is 1.91. The van der Waals surface area contributed by atoms with Crippen molar-refractivity contribution in [2.75, 3.05) is 5.32 Å². The van der Waals surface area contributed by atoms with Gasteiger partial charge in [0.1, 0.15) is 11.3 Å². The number of carbonyl (C=O) groups excluding carboxylic acids is 1. The molecule has 0 aliphatic carbocycles. The number of aromatic amines is 1. The Kier molecular flexibility index (Phi) is 4.95. The average molecular weight is 416 g/mol. The predicted molar refractivity (Wildman–Crippen MR) is 88.6 cm³/mol. The highest BCUT2D eigenvalue weighted by molar-refractivity contribution is 6.03. The van der Waals surface area contributed by atoms with E-state index < -0.39 is 35.1 Å². The summed E-state index contributed by atoms with van der Waals surface area (Å²) in [5, 5.41) is 5.37. The van der Waals surface area contributed by atoms with Crippen LogP contribution in [0.5, 0.6) is 0 Å². The molecule has 3 rings (SSSR count). The van der Waals surface area contributed by atoms with E-state index >= 15 is 0 Å². The van der Waals surface area contributed by atoms with Crippen LogP contribution in [0.3, 0.4) is 0 Å². The van der Waals surface area contributed by atoms with E-state index in [0.29, 0.717) is 0 Å². The van der Waals surface area contributed by atoms with Gasteiger partial charge in [0.05, 0.1) is 5.69 Å². The van der Waals surface area contributed by atoms with E-state index in [1.165, 1.54) is 24.5 Å². The van der Waals surface area contributed by atoms with Crippen LogP contribution in [0.2, 0.25) is 0 Å². The Morgan fingerprint density at radius 1 is 1.00 bits per heavy atom. The quantitative estimate of drug-likeness (QED) is 0.637. The van der Waals surface area contributed by atoms with Crippen LogP contribution in [-0.2, 0) is 12.4 Å². The van der Waals surface area contributed by atoms with Crippen molar-refractivity contribution in [3.63, 3.8) is 0 Å². The highest BCUT2D eigenvalue weighted by Gasteiger charge is 2.42. The maximum Gasteiger partial charge on any atom is 0.435 e. The first kappa shape index (κ1) is 20.2. The van der Waals surface area contributed by atoms with E-state index in [0.717, 1.165) is 18.2 Å². The van der Waals surface area contributed by atoms with E-state index in [2.05, 4.69) is 15.4 Å². The second-order valence-corrected chi connectivity index (χ2v) is 5.75. The first-order valence-electron chi connectivity index (χ1n) is 7.80. The van der Waals surface area contributed by atoms with Gasteiger partial charge >= 0.3 is 12.4 Å². The second kappa shape index (κ2) is 7.11. The molecule has 0 aliphatic heterocycles. The standard InChI is InChI=1S/C17H10F6N4O2/c18-16(19,20)13-7-14(17(21,22)23)27(26-13)10-3-1-9(2-4-10)25-15(29)11-8-24-6-5-12(11)28/h1-8H,(H,24,28)(H,25,29). The molecule has 2 N–H and O–H groups in total. The zero-order chi connectivity index (χ0) is 21.4. The van der Waals surface area contributed by atoms with E-state index in [9.17, 15) is 35.9 Å². The van der Waals surface area contributed by atoms with Crippen LogP contribution < -0.4 is 10.7 Å². The number of nitrogens with one attached hydrogen (secondary N) is 2. The molecule has 1 amide bonds. The molecule has 6 nitrogen and oxygen atoms in total. The first-order valence-corrected chi connectivity index (χ1v) is 7.80. The number of rotatable bonds is 3. The minimum Gasteiger partial charge on any atom is -0.367 e. The molecule has 0 radical (unpaired) electrons. The van der Waals surface area contributed by atoms with Crippen LogP contribution in [-0.4, -0.2) is 20.7 Å². The number of anilines is 1. The molecule has 152 valence electrons. The molecule has 0 saturated carbocycles. The summed E-state index contributed by atoms with van der Waals surface area (Å²) in [6.07, 6.45) is -7.63. The lowest BCUT2D eigenvalue weighted by Crippen LogP contribution is -2.20. The van der Waals surface area contributed by atoms with Gasteiger partial charge in [-0.25, -0.2) is 4.68 Å². The normalized spacial score (nSPS) is 12.1. The van der Waals surface area contributed by atoms with Crippen LogP contribution in [0.25, 0.3) is 5.69 Å². The van der Waals surface area contributed by atoms with Crippen LogP contribution in [0.1, 0.15) is 21.7 Å². The van der Waals surface area contributed by atoms with Gasteiger partial charge < -0.3 is 10.3 Å². The van der Waals surface area contributed by atoms with Crippen molar-refractivity contribution in [2.24, 2.45) is 0 Å². The number of pyridine rings is 1. The lowest BCUT2D eigenvalue weighted by atomic mass is 10.2. The molecule has 2 aromatic heterocycles. The summed E-state index contributed by atoms with van der Waals surface area (Å²) < 4.78 is 77.7. The largest absolute Gasteiger partial charge is 0.435 e. The van der Waals surface area contributed by atoms with E-state index in [1.807, 2.05) is 0 Å². The van der Waals surface area contributed by atoms with Gasteiger partial charge in [0.15, 0.2) is 11.1 Å². The highest BCUT2D eigenvalue weighted by atomic mass is 19.4. The second-order valence-electron chi connectivity index (χ2n) is 5.75. The fraction of sp³-hybridized carbons (Fsp3) is 0.118. The van der Waals surface area contributed by atoms with Crippen LogP contribution in [0.15, 0.2) is 53.6 Å². The molecular weight excluding hydrogens is 406 g/mol. The molecule has 0 saturated heterocycles. The minimum absolute atomic E-state index is 0.0859. The maximum absolute atomic E-state index is 13.1. The Bertz CT molecular complexity index is 1100. The number of aromatic nitrogens is 3. The Labute approximate surface area is 157 Å². The summed E-state index contributed by atoms with van der Waals surface area (Å²) in [5.74, 6) is -0.769. The van der Waals surface area contributed by atoms with Gasteiger partial charge in [-0.05, 0) is 24.3 Å². The summed E-state index contributed by atoms with van der Waals surface area (Å²) in [7, 11) is 0. The fourth-order valence-corrected chi connectivity index (χ4v) is 2.40. The third kappa shape index (κ3) is 4.31. The van der Waals surface area contributed by atoms with Crippen LogP contribution in [0.4, 0.5) is 32.0 Å². The molecule has 0 atom stereocenters. The topological polar surface area (TPSA) is 79.8 Å². The summed E-state index contributed by atoms with van der Waals surface area (Å²) >= 11 is 0. The summed E-state index contributed by atoms with van der Waals surface area (Å²) in [5.41, 5.74) is -4.23. The van der Waals surface area contributed by atoms with Gasteiger partial charge in [-0.3, -0.25) is 9.59 Å². The van der Waals surface area contributed by atoms with Gasteiger partial charge in [0.25, 0.3) is 5.91 Å². The smallest absolute Gasteiger partial charge is 0.367 e. The van der Waals surface area contributed by atoms with Gasteiger partial charge in [-0.15, -0.1) is 0 Å². The van der Waals surface area contributed by atoms with Crippen molar-refractivity contribution in [1.82, 2.24) is 14.8 Å². The number of hydrogen-bond donors (Lipinski definition) is 2. The number of halogens is 6. The summed E-state index contributed by atoms with van der Waals surface area (Å²) in [6, 6.07) is 5.48. The van der Waals surface area contributed by atoms with Crippen molar-refractivity contribution in [3.8, 4) is 5.69 Å². The molecular formula is C17H10F6N4O2. The van der Waals surface area contributed by atoms with Crippen molar-refractivity contribution < 1.29 is 31.1 Å². The van der Waals surface area contributed by atoms with Gasteiger partial charge in [-0.1, -0.05) is 0 Å². The Hall–Kier alpha value is -3.57. The molecule has 1 aromatic carbocycles. The third-order valence-electron chi connectivity index (χ3n) is 3.73. The summed E-state index contributed by atoms with van der Waals surface area (Å²) in [4.78, 5) is 26.2. The molecule has 0 unspecified atom stereocenters. The zero-order valence-electron chi connectivity index (χ0n) is 14.1. The molecule has 3 aromatic rings. The predicted octanol–water partition coefficient (Wildman–Crippen LogP) is 3.85. The lowest BCUT2D eigenvalue weighted by molar-refractivity contribution is -0.143.